The summed E-state index contributed by atoms with van der Waals surface area (Å²) in [5.74, 6) is 1.47. The molecule has 1 atom stereocenters. The first-order valence-corrected chi connectivity index (χ1v) is 11.5. The van der Waals surface area contributed by atoms with Crippen LogP contribution in [-0.2, 0) is 26.1 Å². The Morgan fingerprint density at radius 1 is 0.939 bits per heavy atom. The Labute approximate surface area is 193 Å². The minimum atomic E-state index is -0.559. The van der Waals surface area contributed by atoms with E-state index in [2.05, 4.69) is 42.0 Å². The number of likely N-dealkylation sites (tertiary alicyclic amines) is 1. The van der Waals surface area contributed by atoms with E-state index in [1.807, 2.05) is 24.3 Å². The van der Waals surface area contributed by atoms with Crippen LogP contribution in [0.15, 0.2) is 52.1 Å². The normalized spacial score (nSPS) is 19.8. The molecule has 3 aromatic rings. The van der Waals surface area contributed by atoms with Gasteiger partial charge in [-0.25, -0.2) is 4.68 Å². The molecule has 33 heavy (non-hydrogen) atoms. The number of aryl methyl sites for hydroxylation is 2. The average molecular weight is 447 g/mol. The molecule has 7 nitrogen and oxygen atoms in total. The summed E-state index contributed by atoms with van der Waals surface area (Å²) in [6.45, 7) is 7.94. The van der Waals surface area contributed by atoms with Gasteiger partial charge >= 0.3 is 11.1 Å². The zero-order valence-corrected chi connectivity index (χ0v) is 19.5. The number of hydrogen-bond donors (Lipinski definition) is 0. The Kier molecular flexibility index (Phi) is 5.44. The third-order valence-corrected chi connectivity index (χ3v) is 6.93. The summed E-state index contributed by atoms with van der Waals surface area (Å²) in [5, 5.41) is 4.62. The molecule has 0 aliphatic carbocycles. The van der Waals surface area contributed by atoms with Crippen LogP contribution in [0, 0.1) is 19.3 Å². The minimum absolute atomic E-state index is 0.0240. The molecule has 172 valence electrons. The molecule has 0 unspecified atom stereocenters. The maximum absolute atomic E-state index is 12.9. The summed E-state index contributed by atoms with van der Waals surface area (Å²) in [5.41, 5.74) is 3.76. The molecule has 1 aromatic heterocycles. The van der Waals surface area contributed by atoms with Gasteiger partial charge < -0.3 is 4.74 Å². The second-order valence-corrected chi connectivity index (χ2v) is 9.75. The fourth-order valence-electron chi connectivity index (χ4n) is 5.47. The third-order valence-electron chi connectivity index (χ3n) is 6.93. The summed E-state index contributed by atoms with van der Waals surface area (Å²) in [6.07, 6.45) is 1.74. The summed E-state index contributed by atoms with van der Waals surface area (Å²) >= 11 is 0. The van der Waals surface area contributed by atoms with Crippen LogP contribution >= 0.6 is 0 Å². The maximum atomic E-state index is 12.9. The van der Waals surface area contributed by atoms with Crippen LogP contribution in [-0.4, -0.2) is 39.4 Å². The van der Waals surface area contributed by atoms with Crippen molar-refractivity contribution in [2.45, 2.75) is 46.3 Å². The highest BCUT2D eigenvalue weighted by atomic mass is 16.5. The van der Waals surface area contributed by atoms with E-state index in [9.17, 15) is 9.59 Å². The molecule has 0 radical (unpaired) electrons. The molecule has 2 aromatic carbocycles. The number of aromatic nitrogens is 3. The first kappa shape index (κ1) is 21.6. The largest absolute Gasteiger partial charge is 0.497 e. The molecule has 5 rings (SSSR count). The van der Waals surface area contributed by atoms with E-state index in [1.54, 1.807) is 11.7 Å². The lowest BCUT2D eigenvalue weighted by Gasteiger charge is -2.23. The van der Waals surface area contributed by atoms with Crippen molar-refractivity contribution in [2.75, 3.05) is 20.2 Å². The van der Waals surface area contributed by atoms with Crippen molar-refractivity contribution >= 4 is 0 Å². The van der Waals surface area contributed by atoms with Gasteiger partial charge in [-0.1, -0.05) is 41.5 Å². The number of ether oxygens (including phenoxy) is 1. The Morgan fingerprint density at radius 3 is 2.36 bits per heavy atom. The summed E-state index contributed by atoms with van der Waals surface area (Å²) in [7, 11) is 1.62. The van der Waals surface area contributed by atoms with Gasteiger partial charge in [0, 0.05) is 31.5 Å². The smallest absolute Gasteiger partial charge is 0.332 e. The molecular formula is C26H30N4O3. The summed E-state index contributed by atoms with van der Waals surface area (Å²) in [4.78, 5) is 28.1. The highest BCUT2D eigenvalue weighted by Gasteiger charge is 2.44. The van der Waals surface area contributed by atoms with Crippen LogP contribution in [0.2, 0.25) is 0 Å². The van der Waals surface area contributed by atoms with E-state index in [0.29, 0.717) is 6.54 Å². The van der Waals surface area contributed by atoms with E-state index >= 15 is 0 Å². The van der Waals surface area contributed by atoms with E-state index in [4.69, 9.17) is 4.74 Å². The molecule has 0 N–H and O–H groups in total. The van der Waals surface area contributed by atoms with Crippen molar-refractivity contribution < 1.29 is 4.74 Å². The van der Waals surface area contributed by atoms with E-state index in [1.165, 1.54) is 21.4 Å². The van der Waals surface area contributed by atoms with E-state index in [0.717, 1.165) is 49.6 Å². The van der Waals surface area contributed by atoms with Crippen molar-refractivity contribution in [3.63, 3.8) is 0 Å². The molecule has 1 fully saturated rings. The molecule has 2 aliphatic heterocycles. The average Bonchev–Trinajstić information content (AvgIpc) is 3.34. The quantitative estimate of drug-likeness (QED) is 0.564. The maximum Gasteiger partial charge on any atom is 0.332 e. The highest BCUT2D eigenvalue weighted by molar-refractivity contribution is 5.29. The number of benzene rings is 2. The zero-order valence-electron chi connectivity index (χ0n) is 19.5. The summed E-state index contributed by atoms with van der Waals surface area (Å²) < 4.78 is 8.13. The van der Waals surface area contributed by atoms with Crippen molar-refractivity contribution in [3.8, 4) is 5.75 Å². The van der Waals surface area contributed by atoms with Crippen LogP contribution in [0.4, 0.5) is 0 Å². The number of nitrogens with zero attached hydrogens (tertiary/aromatic N) is 4. The molecule has 0 amide bonds. The third kappa shape index (κ3) is 4.25. The molecular weight excluding hydrogens is 416 g/mol. The highest BCUT2D eigenvalue weighted by Crippen LogP contribution is 2.39. The molecule has 1 spiro atoms. The van der Waals surface area contributed by atoms with Crippen LogP contribution in [0.25, 0.3) is 0 Å². The Hall–Kier alpha value is -3.19. The molecule has 3 heterocycles. The Morgan fingerprint density at radius 2 is 1.67 bits per heavy atom. The van der Waals surface area contributed by atoms with E-state index < -0.39 is 11.1 Å². The van der Waals surface area contributed by atoms with Crippen LogP contribution in [0.1, 0.15) is 34.5 Å². The number of fused-ring (bicyclic) bond motifs is 1. The van der Waals surface area contributed by atoms with Crippen molar-refractivity contribution in [1.82, 2.24) is 19.2 Å². The lowest BCUT2D eigenvalue weighted by Crippen LogP contribution is -2.43. The standard InChI is InChI=1S/C26H30N4O3/c1-18-10-19(2)12-21(11-18)14-28-9-8-26(16-28)13-23-27-30(25(32)24(31)29(23)17-26)15-20-4-6-22(33-3)7-5-20/h4-7,10-12H,8-9,13-17H2,1-3H3/t26-/m0/s1. The van der Waals surface area contributed by atoms with Crippen LogP contribution in [0.3, 0.4) is 0 Å². The van der Waals surface area contributed by atoms with Crippen molar-refractivity contribution in [1.29, 1.82) is 0 Å². The van der Waals surface area contributed by atoms with E-state index in [-0.39, 0.29) is 12.0 Å². The van der Waals surface area contributed by atoms with Gasteiger partial charge in [0.05, 0.1) is 13.7 Å². The van der Waals surface area contributed by atoms with Gasteiger partial charge in [-0.15, -0.1) is 0 Å². The van der Waals surface area contributed by atoms with Gasteiger partial charge in [0.1, 0.15) is 11.6 Å². The first-order chi connectivity index (χ1) is 15.8. The van der Waals surface area contributed by atoms with Crippen molar-refractivity contribution in [2.24, 2.45) is 5.41 Å². The number of rotatable bonds is 5. The van der Waals surface area contributed by atoms with Gasteiger partial charge in [0.25, 0.3) is 0 Å². The second kappa shape index (κ2) is 8.30. The lowest BCUT2D eigenvalue weighted by molar-refractivity contribution is 0.246. The minimum Gasteiger partial charge on any atom is -0.497 e. The topological polar surface area (TPSA) is 69.4 Å². The Balaban J connectivity index is 1.34. The van der Waals surface area contributed by atoms with Gasteiger partial charge in [-0.3, -0.25) is 19.1 Å². The predicted molar refractivity (Wildman–Crippen MR) is 127 cm³/mol. The molecule has 0 bridgehead atoms. The monoisotopic (exact) mass is 446 g/mol. The number of methoxy groups -OCH3 is 1. The zero-order chi connectivity index (χ0) is 23.2. The fraction of sp³-hybridized carbons (Fsp3) is 0.423. The van der Waals surface area contributed by atoms with Gasteiger partial charge in [0.2, 0.25) is 0 Å². The predicted octanol–water partition coefficient (Wildman–Crippen LogP) is 2.53. The first-order valence-electron chi connectivity index (χ1n) is 11.5. The Bertz CT molecular complexity index is 1290. The van der Waals surface area contributed by atoms with Crippen molar-refractivity contribution in [3.05, 3.63) is 91.3 Å². The number of hydrogen-bond acceptors (Lipinski definition) is 5. The van der Waals surface area contributed by atoms with Gasteiger partial charge in [-0.2, -0.15) is 5.10 Å². The van der Waals surface area contributed by atoms with Crippen LogP contribution in [0.5, 0.6) is 5.75 Å². The fourth-order valence-corrected chi connectivity index (χ4v) is 5.47. The summed E-state index contributed by atoms with van der Waals surface area (Å²) in [6, 6.07) is 14.2. The molecule has 1 saturated heterocycles. The van der Waals surface area contributed by atoms with Gasteiger partial charge in [0.15, 0.2) is 0 Å². The molecule has 0 saturated carbocycles. The second-order valence-electron chi connectivity index (χ2n) is 9.75. The molecule has 2 aliphatic rings. The van der Waals surface area contributed by atoms with Crippen LogP contribution < -0.4 is 15.9 Å². The molecule has 7 heteroatoms. The SMILES string of the molecule is COc1ccc(Cn2nc3n(c(=O)c2=O)C[C@@]2(CCN(Cc4cc(C)cc(C)c4)C2)C3)cc1. The van der Waals surface area contributed by atoms with Gasteiger partial charge in [-0.05, 0) is 50.1 Å². The lowest BCUT2D eigenvalue weighted by atomic mass is 9.86.